The van der Waals surface area contributed by atoms with Gasteiger partial charge in [0.15, 0.2) is 5.96 Å². The van der Waals surface area contributed by atoms with Crippen molar-refractivity contribution in [1.82, 2.24) is 25.0 Å². The van der Waals surface area contributed by atoms with Gasteiger partial charge in [-0.25, -0.2) is 4.39 Å². The van der Waals surface area contributed by atoms with Crippen LogP contribution in [0.4, 0.5) is 10.1 Å². The first-order valence-electron chi connectivity index (χ1n) is 10.6. The number of nitrogens with zero attached hydrogens (tertiary/aromatic N) is 6. The minimum Gasteiger partial charge on any atom is -0.366 e. The lowest BCUT2D eigenvalue weighted by Crippen LogP contribution is -2.52. The summed E-state index contributed by atoms with van der Waals surface area (Å²) in [6, 6.07) is 7.01. The number of rotatable bonds is 4. The summed E-state index contributed by atoms with van der Waals surface area (Å²) in [6.45, 7) is 9.94. The Balaban J connectivity index is 1.37. The summed E-state index contributed by atoms with van der Waals surface area (Å²) < 4.78 is 16.3. The van der Waals surface area contributed by atoms with Crippen molar-refractivity contribution in [3.05, 3.63) is 41.7 Å². The average Bonchev–Trinajstić information content (AvgIpc) is 3.12. The molecular formula is C21H30FN7. The zero-order valence-electron chi connectivity index (χ0n) is 17.3. The van der Waals surface area contributed by atoms with E-state index in [9.17, 15) is 4.39 Å². The predicted octanol–water partition coefficient (Wildman–Crippen LogP) is 2.08. The Morgan fingerprint density at radius 2 is 2.00 bits per heavy atom. The lowest BCUT2D eigenvalue weighted by Gasteiger charge is -2.38. The maximum Gasteiger partial charge on any atom is 0.194 e. The molecule has 1 N–H and O–H groups in total. The molecule has 0 bridgehead atoms. The Morgan fingerprint density at radius 1 is 1.21 bits per heavy atom. The van der Waals surface area contributed by atoms with Crippen molar-refractivity contribution in [3.8, 4) is 0 Å². The van der Waals surface area contributed by atoms with Crippen molar-refractivity contribution in [1.29, 1.82) is 0 Å². The van der Waals surface area contributed by atoms with Gasteiger partial charge in [0.1, 0.15) is 17.5 Å². The highest BCUT2D eigenvalue weighted by molar-refractivity contribution is 5.80. The van der Waals surface area contributed by atoms with Gasteiger partial charge in [0.2, 0.25) is 0 Å². The lowest BCUT2D eigenvalue weighted by atomic mass is 9.99. The molecule has 0 amide bonds. The normalized spacial score (nSPS) is 20.0. The standard InChI is InChI=1S/C21H30FN7/c1-3-23-21(24-14-17-8-9-20-26-25-16(2)29(20)15-17)28-12-10-27(11-13-28)19-7-5-4-6-18(19)22/h4-7,17H,3,8-15H2,1-2H3,(H,23,24). The average molecular weight is 400 g/mol. The van der Waals surface area contributed by atoms with E-state index >= 15 is 0 Å². The van der Waals surface area contributed by atoms with E-state index in [1.54, 1.807) is 6.07 Å². The van der Waals surface area contributed by atoms with Gasteiger partial charge in [-0.1, -0.05) is 12.1 Å². The van der Waals surface area contributed by atoms with Crippen molar-refractivity contribution < 1.29 is 4.39 Å². The van der Waals surface area contributed by atoms with Crippen LogP contribution >= 0.6 is 0 Å². The van der Waals surface area contributed by atoms with Gasteiger partial charge in [0.25, 0.3) is 0 Å². The van der Waals surface area contributed by atoms with Crippen LogP contribution in [0.5, 0.6) is 0 Å². The molecule has 156 valence electrons. The molecule has 1 unspecified atom stereocenters. The maximum atomic E-state index is 14.1. The number of hydrogen-bond donors (Lipinski definition) is 1. The van der Waals surface area contributed by atoms with Crippen molar-refractivity contribution >= 4 is 11.6 Å². The second kappa shape index (κ2) is 8.80. The lowest BCUT2D eigenvalue weighted by molar-refractivity contribution is 0.354. The monoisotopic (exact) mass is 399 g/mol. The van der Waals surface area contributed by atoms with E-state index in [4.69, 9.17) is 4.99 Å². The van der Waals surface area contributed by atoms with Crippen molar-refractivity contribution in [3.63, 3.8) is 0 Å². The third kappa shape index (κ3) is 4.36. The number of aliphatic imine (C=N–C) groups is 1. The van der Waals surface area contributed by atoms with Crippen molar-refractivity contribution in [2.45, 2.75) is 33.2 Å². The fourth-order valence-electron chi connectivity index (χ4n) is 4.19. The molecule has 0 radical (unpaired) electrons. The summed E-state index contributed by atoms with van der Waals surface area (Å²) in [5.74, 6) is 3.41. The van der Waals surface area contributed by atoms with Gasteiger partial charge in [-0.3, -0.25) is 4.99 Å². The van der Waals surface area contributed by atoms with E-state index in [-0.39, 0.29) is 5.82 Å². The topological polar surface area (TPSA) is 61.6 Å². The minimum atomic E-state index is -0.150. The number of fused-ring (bicyclic) bond motifs is 1. The van der Waals surface area contributed by atoms with Gasteiger partial charge in [-0.05, 0) is 38.3 Å². The van der Waals surface area contributed by atoms with Crippen molar-refractivity contribution in [2.24, 2.45) is 10.9 Å². The number of nitrogens with one attached hydrogen (secondary N) is 1. The molecule has 0 spiro atoms. The molecule has 8 heteroatoms. The van der Waals surface area contributed by atoms with Crippen LogP contribution in [0.3, 0.4) is 0 Å². The molecule has 0 aliphatic carbocycles. The van der Waals surface area contributed by atoms with Gasteiger partial charge < -0.3 is 19.7 Å². The molecular weight excluding hydrogens is 369 g/mol. The smallest absolute Gasteiger partial charge is 0.194 e. The predicted molar refractivity (Wildman–Crippen MR) is 113 cm³/mol. The summed E-state index contributed by atoms with van der Waals surface area (Å²) in [7, 11) is 0. The Hall–Kier alpha value is -2.64. The van der Waals surface area contributed by atoms with Crippen LogP contribution < -0.4 is 10.2 Å². The highest BCUT2D eigenvalue weighted by atomic mass is 19.1. The number of para-hydroxylation sites is 1. The first-order valence-corrected chi connectivity index (χ1v) is 10.6. The molecule has 1 atom stereocenters. The summed E-state index contributed by atoms with van der Waals surface area (Å²) in [5.41, 5.74) is 0.691. The largest absolute Gasteiger partial charge is 0.366 e. The molecule has 1 aromatic carbocycles. The summed E-state index contributed by atoms with van der Waals surface area (Å²) in [4.78, 5) is 9.36. The number of anilines is 1. The Morgan fingerprint density at radius 3 is 2.76 bits per heavy atom. The van der Waals surface area contributed by atoms with E-state index in [2.05, 4.69) is 36.8 Å². The zero-order chi connectivity index (χ0) is 20.2. The molecule has 29 heavy (non-hydrogen) atoms. The Kier molecular flexibility index (Phi) is 5.97. The SMILES string of the molecule is CCNC(=NCC1CCc2nnc(C)n2C1)N1CCN(c2ccccc2F)CC1. The molecule has 2 aliphatic heterocycles. The Bertz CT molecular complexity index is 854. The number of aryl methyl sites for hydroxylation is 2. The van der Waals surface area contributed by atoms with Crippen LogP contribution in [0.15, 0.2) is 29.3 Å². The maximum absolute atomic E-state index is 14.1. The number of piperazine rings is 1. The van der Waals surface area contributed by atoms with Gasteiger partial charge in [-0.15, -0.1) is 10.2 Å². The van der Waals surface area contributed by atoms with Gasteiger partial charge in [-0.2, -0.15) is 0 Å². The molecule has 4 rings (SSSR count). The van der Waals surface area contributed by atoms with E-state index in [1.807, 2.05) is 19.1 Å². The van der Waals surface area contributed by atoms with Gasteiger partial charge in [0, 0.05) is 52.2 Å². The van der Waals surface area contributed by atoms with E-state index in [0.29, 0.717) is 11.6 Å². The molecule has 1 fully saturated rings. The van der Waals surface area contributed by atoms with Crippen LogP contribution in [-0.2, 0) is 13.0 Å². The summed E-state index contributed by atoms with van der Waals surface area (Å²) in [5, 5.41) is 11.9. The minimum absolute atomic E-state index is 0.150. The van der Waals surface area contributed by atoms with E-state index in [0.717, 1.165) is 76.3 Å². The van der Waals surface area contributed by atoms with Crippen LogP contribution in [-0.4, -0.2) is 64.9 Å². The highest BCUT2D eigenvalue weighted by Crippen LogP contribution is 2.21. The fourth-order valence-corrected chi connectivity index (χ4v) is 4.19. The molecule has 3 heterocycles. The van der Waals surface area contributed by atoms with Crippen LogP contribution in [0.2, 0.25) is 0 Å². The van der Waals surface area contributed by atoms with Crippen LogP contribution in [0.1, 0.15) is 25.0 Å². The van der Waals surface area contributed by atoms with Crippen LogP contribution in [0, 0.1) is 18.7 Å². The molecule has 2 aliphatic rings. The summed E-state index contributed by atoms with van der Waals surface area (Å²) >= 11 is 0. The molecule has 2 aromatic rings. The number of benzene rings is 1. The second-order valence-electron chi connectivity index (χ2n) is 7.80. The molecule has 0 saturated carbocycles. The molecule has 1 saturated heterocycles. The quantitative estimate of drug-likeness (QED) is 0.630. The Labute approximate surface area is 171 Å². The number of halogens is 1. The zero-order valence-corrected chi connectivity index (χ0v) is 17.3. The highest BCUT2D eigenvalue weighted by Gasteiger charge is 2.24. The van der Waals surface area contributed by atoms with Gasteiger partial charge in [0.05, 0.1) is 5.69 Å². The second-order valence-corrected chi connectivity index (χ2v) is 7.80. The third-order valence-corrected chi connectivity index (χ3v) is 5.84. The van der Waals surface area contributed by atoms with Crippen molar-refractivity contribution in [2.75, 3.05) is 44.2 Å². The fraction of sp³-hybridized carbons (Fsp3) is 0.571. The number of aromatic nitrogens is 3. The first kappa shape index (κ1) is 19.7. The summed E-state index contributed by atoms with van der Waals surface area (Å²) in [6.07, 6.45) is 2.07. The first-order chi connectivity index (χ1) is 14.2. The molecule has 7 nitrogen and oxygen atoms in total. The third-order valence-electron chi connectivity index (χ3n) is 5.84. The van der Waals surface area contributed by atoms with Gasteiger partial charge >= 0.3 is 0 Å². The van der Waals surface area contributed by atoms with Crippen LogP contribution in [0.25, 0.3) is 0 Å². The van der Waals surface area contributed by atoms with E-state index < -0.39 is 0 Å². The number of guanidine groups is 1. The molecule has 1 aromatic heterocycles. The number of hydrogen-bond acceptors (Lipinski definition) is 4. The van der Waals surface area contributed by atoms with E-state index in [1.165, 1.54) is 6.07 Å².